The lowest BCUT2D eigenvalue weighted by Gasteiger charge is -2.34. The van der Waals surface area contributed by atoms with Crippen molar-refractivity contribution >= 4 is 5.82 Å². The molecule has 1 saturated heterocycles. The molecule has 4 nitrogen and oxygen atoms in total. The molecular weight excluding hydrogens is 262 g/mol. The molecule has 21 heavy (non-hydrogen) atoms. The number of hydrogen-bond acceptors (Lipinski definition) is 4. The lowest BCUT2D eigenvalue weighted by atomic mass is 10.1. The zero-order valence-electron chi connectivity index (χ0n) is 13.5. The lowest BCUT2D eigenvalue weighted by molar-refractivity contribution is 0.0439. The van der Waals surface area contributed by atoms with E-state index >= 15 is 0 Å². The van der Waals surface area contributed by atoms with Crippen molar-refractivity contribution in [1.29, 1.82) is 0 Å². The van der Waals surface area contributed by atoms with Gasteiger partial charge in [0, 0.05) is 38.0 Å². The van der Waals surface area contributed by atoms with E-state index < -0.39 is 0 Å². The van der Waals surface area contributed by atoms with Crippen molar-refractivity contribution in [3.63, 3.8) is 0 Å². The molecule has 4 heteroatoms. The van der Waals surface area contributed by atoms with Crippen molar-refractivity contribution < 1.29 is 4.74 Å². The first-order valence-corrected chi connectivity index (χ1v) is 8.36. The van der Waals surface area contributed by atoms with E-state index in [1.807, 2.05) is 12.3 Å². The third kappa shape index (κ3) is 4.97. The molecule has 118 valence electrons. The topological polar surface area (TPSA) is 37.4 Å². The Hall–Kier alpha value is -1.13. The van der Waals surface area contributed by atoms with E-state index in [4.69, 9.17) is 4.74 Å². The maximum atomic E-state index is 5.94. The highest BCUT2D eigenvalue weighted by Gasteiger charge is 2.22. The summed E-state index contributed by atoms with van der Waals surface area (Å²) in [6.07, 6.45) is 6.87. The van der Waals surface area contributed by atoms with Gasteiger partial charge in [-0.05, 0) is 38.3 Å². The Labute approximate surface area is 128 Å². The van der Waals surface area contributed by atoms with E-state index in [-0.39, 0.29) is 0 Å². The van der Waals surface area contributed by atoms with Gasteiger partial charge in [0.15, 0.2) is 0 Å². The van der Waals surface area contributed by atoms with Gasteiger partial charge < -0.3 is 15.0 Å². The van der Waals surface area contributed by atoms with Crippen LogP contribution in [-0.2, 0) is 11.3 Å². The van der Waals surface area contributed by atoms with E-state index in [2.05, 4.69) is 35.1 Å². The number of piperidine rings is 1. The summed E-state index contributed by atoms with van der Waals surface area (Å²) in [5, 5.41) is 3.48. The highest BCUT2D eigenvalue weighted by atomic mass is 16.5. The molecule has 0 aliphatic carbocycles. The zero-order chi connectivity index (χ0) is 14.9. The fraction of sp³-hybridized carbons (Fsp3) is 0.706. The Kier molecular flexibility index (Phi) is 6.96. The van der Waals surface area contributed by atoms with Gasteiger partial charge in [0.2, 0.25) is 0 Å². The number of rotatable bonds is 8. The number of aromatic nitrogens is 1. The van der Waals surface area contributed by atoms with E-state index in [1.165, 1.54) is 18.4 Å². The van der Waals surface area contributed by atoms with Crippen LogP contribution in [0.3, 0.4) is 0 Å². The Morgan fingerprint density at radius 1 is 1.38 bits per heavy atom. The Morgan fingerprint density at radius 3 is 3.10 bits per heavy atom. The molecule has 0 spiro atoms. The molecule has 2 heterocycles. The minimum absolute atomic E-state index is 0.358. The SMILES string of the molecule is CCCNCc1cccnc1N1CCCC(OCCC)C1. The van der Waals surface area contributed by atoms with Crippen LogP contribution in [0.5, 0.6) is 0 Å². The number of nitrogens with zero attached hydrogens (tertiary/aromatic N) is 2. The summed E-state index contributed by atoms with van der Waals surface area (Å²) in [6.45, 7) is 9.23. The van der Waals surface area contributed by atoms with Gasteiger partial charge in [-0.3, -0.25) is 0 Å². The number of hydrogen-bond donors (Lipinski definition) is 1. The summed E-state index contributed by atoms with van der Waals surface area (Å²) in [6, 6.07) is 4.21. The summed E-state index contributed by atoms with van der Waals surface area (Å²) < 4.78 is 5.94. The number of anilines is 1. The number of ether oxygens (including phenoxy) is 1. The van der Waals surface area contributed by atoms with Gasteiger partial charge in [-0.1, -0.05) is 19.9 Å². The van der Waals surface area contributed by atoms with E-state index in [0.717, 1.165) is 51.4 Å². The van der Waals surface area contributed by atoms with Crippen LogP contribution in [0.25, 0.3) is 0 Å². The van der Waals surface area contributed by atoms with Crippen LogP contribution in [0.2, 0.25) is 0 Å². The zero-order valence-corrected chi connectivity index (χ0v) is 13.5. The van der Waals surface area contributed by atoms with Gasteiger partial charge in [-0.2, -0.15) is 0 Å². The lowest BCUT2D eigenvalue weighted by Crippen LogP contribution is -2.41. The molecule has 0 saturated carbocycles. The number of nitrogens with one attached hydrogen (secondary N) is 1. The molecule has 1 atom stereocenters. The molecular formula is C17H29N3O. The highest BCUT2D eigenvalue weighted by molar-refractivity contribution is 5.47. The van der Waals surface area contributed by atoms with Crippen molar-refractivity contribution in [2.75, 3.05) is 31.1 Å². The maximum absolute atomic E-state index is 5.94. The largest absolute Gasteiger partial charge is 0.376 e. The van der Waals surface area contributed by atoms with Crippen LogP contribution in [0.1, 0.15) is 45.1 Å². The van der Waals surface area contributed by atoms with Gasteiger partial charge >= 0.3 is 0 Å². The van der Waals surface area contributed by atoms with E-state index in [1.54, 1.807) is 0 Å². The first-order valence-electron chi connectivity index (χ1n) is 8.36. The summed E-state index contributed by atoms with van der Waals surface area (Å²) >= 11 is 0. The predicted molar refractivity (Wildman–Crippen MR) is 87.7 cm³/mol. The third-order valence-electron chi connectivity index (χ3n) is 3.85. The van der Waals surface area contributed by atoms with Crippen LogP contribution >= 0.6 is 0 Å². The second-order valence-electron chi connectivity index (χ2n) is 5.74. The average Bonchev–Trinajstić information content (AvgIpc) is 2.54. The van der Waals surface area contributed by atoms with Crippen LogP contribution < -0.4 is 10.2 Å². The number of pyridine rings is 1. The molecule has 1 unspecified atom stereocenters. The standard InChI is InChI=1S/C17H29N3O/c1-3-9-18-13-15-7-5-10-19-17(15)20-11-6-8-16(14-20)21-12-4-2/h5,7,10,16,18H,3-4,6,8-9,11-14H2,1-2H3. The molecule has 0 aromatic carbocycles. The minimum atomic E-state index is 0.358. The average molecular weight is 291 g/mol. The predicted octanol–water partition coefficient (Wildman–Crippen LogP) is 2.98. The van der Waals surface area contributed by atoms with Crippen molar-refractivity contribution in [3.05, 3.63) is 23.9 Å². The molecule has 1 N–H and O–H groups in total. The first kappa shape index (κ1) is 16.2. The van der Waals surface area contributed by atoms with E-state index in [0.29, 0.717) is 6.10 Å². The summed E-state index contributed by atoms with van der Waals surface area (Å²) in [5.74, 6) is 1.13. The molecule has 0 radical (unpaired) electrons. The van der Waals surface area contributed by atoms with Crippen LogP contribution in [0, 0.1) is 0 Å². The fourth-order valence-electron chi connectivity index (χ4n) is 2.80. The second-order valence-corrected chi connectivity index (χ2v) is 5.74. The molecule has 2 rings (SSSR count). The van der Waals surface area contributed by atoms with Gasteiger partial charge in [-0.15, -0.1) is 0 Å². The molecule has 1 fully saturated rings. The van der Waals surface area contributed by atoms with Gasteiger partial charge in [0.1, 0.15) is 5.82 Å². The van der Waals surface area contributed by atoms with Gasteiger partial charge in [-0.25, -0.2) is 4.98 Å². The molecule has 1 aliphatic rings. The highest BCUT2D eigenvalue weighted by Crippen LogP contribution is 2.23. The minimum Gasteiger partial charge on any atom is -0.376 e. The van der Waals surface area contributed by atoms with E-state index in [9.17, 15) is 0 Å². The second kappa shape index (κ2) is 9.00. The normalized spacial score (nSPS) is 19.0. The third-order valence-corrected chi connectivity index (χ3v) is 3.85. The quantitative estimate of drug-likeness (QED) is 0.747. The van der Waals surface area contributed by atoms with Crippen molar-refractivity contribution in [2.24, 2.45) is 0 Å². The molecule has 0 amide bonds. The molecule has 1 aromatic rings. The van der Waals surface area contributed by atoms with Crippen LogP contribution in [-0.4, -0.2) is 37.3 Å². The first-order chi connectivity index (χ1) is 10.3. The summed E-state index contributed by atoms with van der Waals surface area (Å²) in [7, 11) is 0. The Bertz CT molecular complexity index is 411. The summed E-state index contributed by atoms with van der Waals surface area (Å²) in [4.78, 5) is 7.02. The van der Waals surface area contributed by atoms with Crippen molar-refractivity contribution in [1.82, 2.24) is 10.3 Å². The van der Waals surface area contributed by atoms with Gasteiger partial charge in [0.05, 0.1) is 6.10 Å². The summed E-state index contributed by atoms with van der Waals surface area (Å²) in [5.41, 5.74) is 1.29. The Balaban J connectivity index is 1.99. The monoisotopic (exact) mass is 291 g/mol. The fourth-order valence-corrected chi connectivity index (χ4v) is 2.80. The van der Waals surface area contributed by atoms with Gasteiger partial charge in [0.25, 0.3) is 0 Å². The van der Waals surface area contributed by atoms with Crippen molar-refractivity contribution in [3.8, 4) is 0 Å². The van der Waals surface area contributed by atoms with Crippen LogP contribution in [0.4, 0.5) is 5.82 Å². The molecule has 1 aromatic heterocycles. The molecule has 1 aliphatic heterocycles. The maximum Gasteiger partial charge on any atom is 0.133 e. The van der Waals surface area contributed by atoms with Crippen molar-refractivity contribution in [2.45, 2.75) is 52.2 Å². The van der Waals surface area contributed by atoms with Crippen LogP contribution in [0.15, 0.2) is 18.3 Å². The Morgan fingerprint density at radius 2 is 2.29 bits per heavy atom. The molecule has 0 bridgehead atoms. The smallest absolute Gasteiger partial charge is 0.133 e.